The largest absolute Gasteiger partial charge is 0.378 e. The first kappa shape index (κ1) is 17.9. The molecule has 2 aliphatic rings. The third kappa shape index (κ3) is 4.80. The van der Waals surface area contributed by atoms with Crippen LogP contribution in [0.3, 0.4) is 0 Å². The Kier molecular flexibility index (Phi) is 6.04. The van der Waals surface area contributed by atoms with E-state index in [9.17, 15) is 9.59 Å². The minimum atomic E-state index is 0.0880. The van der Waals surface area contributed by atoms with Gasteiger partial charge in [-0.1, -0.05) is 17.7 Å². The molecule has 1 aromatic carbocycles. The molecule has 0 atom stereocenters. The third-order valence-corrected chi connectivity index (χ3v) is 4.86. The minimum Gasteiger partial charge on any atom is -0.378 e. The summed E-state index contributed by atoms with van der Waals surface area (Å²) in [6.07, 6.45) is 0.897. The molecule has 6 heteroatoms. The van der Waals surface area contributed by atoms with Crippen molar-refractivity contribution in [2.45, 2.75) is 13.3 Å². The second kappa shape index (κ2) is 8.45. The van der Waals surface area contributed by atoms with E-state index in [0.717, 1.165) is 37.2 Å². The Morgan fingerprint density at radius 1 is 1.00 bits per heavy atom. The number of morpholine rings is 1. The molecule has 2 fully saturated rings. The maximum Gasteiger partial charge on any atom is 0.253 e. The number of benzene rings is 1. The van der Waals surface area contributed by atoms with Crippen molar-refractivity contribution in [1.29, 1.82) is 0 Å². The van der Waals surface area contributed by atoms with Gasteiger partial charge in [0.1, 0.15) is 0 Å². The number of nitrogens with zero attached hydrogens (tertiary/aromatic N) is 3. The first-order chi connectivity index (χ1) is 12.1. The van der Waals surface area contributed by atoms with Crippen molar-refractivity contribution >= 4 is 11.8 Å². The summed E-state index contributed by atoms with van der Waals surface area (Å²) in [4.78, 5) is 31.1. The highest BCUT2D eigenvalue weighted by molar-refractivity contribution is 5.94. The molecule has 2 aliphatic heterocycles. The summed E-state index contributed by atoms with van der Waals surface area (Å²) < 4.78 is 5.30. The lowest BCUT2D eigenvalue weighted by molar-refractivity contribution is -0.136. The van der Waals surface area contributed by atoms with E-state index < -0.39 is 0 Å². The Balaban J connectivity index is 1.53. The van der Waals surface area contributed by atoms with E-state index >= 15 is 0 Å². The SMILES string of the molecule is Cc1cccc(C(=O)N2CCCN(CC(=O)N3CCOCC3)CC2)c1. The number of carbonyl (C=O) groups excluding carboxylic acids is 2. The fourth-order valence-corrected chi connectivity index (χ4v) is 3.40. The Hall–Kier alpha value is -1.92. The van der Waals surface area contributed by atoms with Crippen molar-refractivity contribution in [2.24, 2.45) is 0 Å². The van der Waals surface area contributed by atoms with E-state index in [-0.39, 0.29) is 11.8 Å². The number of ether oxygens (including phenoxy) is 1. The van der Waals surface area contributed by atoms with Gasteiger partial charge in [-0.15, -0.1) is 0 Å². The summed E-state index contributed by atoms with van der Waals surface area (Å²) in [7, 11) is 0. The first-order valence-corrected chi connectivity index (χ1v) is 9.07. The molecule has 0 spiro atoms. The molecule has 0 aliphatic carbocycles. The molecule has 136 valence electrons. The van der Waals surface area contributed by atoms with Crippen molar-refractivity contribution < 1.29 is 14.3 Å². The average Bonchev–Trinajstić information content (AvgIpc) is 2.87. The predicted molar refractivity (Wildman–Crippen MR) is 95.5 cm³/mol. The van der Waals surface area contributed by atoms with Gasteiger partial charge in [0.05, 0.1) is 19.8 Å². The van der Waals surface area contributed by atoms with E-state index in [1.54, 1.807) is 0 Å². The summed E-state index contributed by atoms with van der Waals surface area (Å²) in [6.45, 7) is 8.08. The summed E-state index contributed by atoms with van der Waals surface area (Å²) >= 11 is 0. The summed E-state index contributed by atoms with van der Waals surface area (Å²) in [5, 5.41) is 0. The fraction of sp³-hybridized carbons (Fsp3) is 0.579. The smallest absolute Gasteiger partial charge is 0.253 e. The monoisotopic (exact) mass is 345 g/mol. The van der Waals surface area contributed by atoms with Crippen LogP contribution < -0.4 is 0 Å². The van der Waals surface area contributed by atoms with Crippen LogP contribution in [0.4, 0.5) is 0 Å². The van der Waals surface area contributed by atoms with E-state index in [1.165, 1.54) is 0 Å². The second-order valence-corrected chi connectivity index (χ2v) is 6.78. The van der Waals surface area contributed by atoms with Crippen LogP contribution in [0.2, 0.25) is 0 Å². The minimum absolute atomic E-state index is 0.0880. The average molecular weight is 345 g/mol. The molecule has 25 heavy (non-hydrogen) atoms. The van der Waals surface area contributed by atoms with E-state index in [1.807, 2.05) is 41.0 Å². The Labute approximate surface area is 149 Å². The lowest BCUT2D eigenvalue weighted by Gasteiger charge is -2.29. The number of carbonyl (C=O) groups is 2. The van der Waals surface area contributed by atoms with Gasteiger partial charge in [-0.3, -0.25) is 14.5 Å². The zero-order valence-corrected chi connectivity index (χ0v) is 14.9. The fourth-order valence-electron chi connectivity index (χ4n) is 3.40. The highest BCUT2D eigenvalue weighted by Gasteiger charge is 2.23. The van der Waals surface area contributed by atoms with Gasteiger partial charge in [-0.05, 0) is 25.5 Å². The standard InChI is InChI=1S/C19H27N3O3/c1-16-4-2-5-17(14-16)19(24)22-7-3-6-20(8-9-22)15-18(23)21-10-12-25-13-11-21/h2,4-5,14H,3,6-13,15H2,1H3. The van der Waals surface area contributed by atoms with Crippen molar-refractivity contribution in [1.82, 2.24) is 14.7 Å². The molecule has 0 radical (unpaired) electrons. The highest BCUT2D eigenvalue weighted by atomic mass is 16.5. The Morgan fingerprint density at radius 3 is 2.56 bits per heavy atom. The number of amides is 2. The van der Waals surface area contributed by atoms with Gasteiger partial charge in [-0.2, -0.15) is 0 Å². The van der Waals surface area contributed by atoms with Gasteiger partial charge in [0.15, 0.2) is 0 Å². The number of rotatable bonds is 3. The van der Waals surface area contributed by atoms with Gasteiger partial charge in [0, 0.05) is 44.8 Å². The molecule has 0 bridgehead atoms. The van der Waals surface area contributed by atoms with Gasteiger partial charge in [-0.25, -0.2) is 0 Å². The topological polar surface area (TPSA) is 53.1 Å². The van der Waals surface area contributed by atoms with Crippen LogP contribution >= 0.6 is 0 Å². The van der Waals surface area contributed by atoms with E-state index in [4.69, 9.17) is 4.74 Å². The van der Waals surface area contributed by atoms with Gasteiger partial charge >= 0.3 is 0 Å². The maximum absolute atomic E-state index is 12.7. The molecule has 0 saturated carbocycles. The van der Waals surface area contributed by atoms with Crippen LogP contribution in [0.5, 0.6) is 0 Å². The Morgan fingerprint density at radius 2 is 1.80 bits per heavy atom. The molecule has 0 unspecified atom stereocenters. The molecular weight excluding hydrogens is 318 g/mol. The molecular formula is C19H27N3O3. The molecule has 2 heterocycles. The summed E-state index contributed by atoms with van der Waals surface area (Å²) in [5.41, 5.74) is 1.84. The first-order valence-electron chi connectivity index (χ1n) is 9.07. The highest BCUT2D eigenvalue weighted by Crippen LogP contribution is 2.11. The number of hydrogen-bond acceptors (Lipinski definition) is 4. The van der Waals surface area contributed by atoms with Crippen LogP contribution in [0.25, 0.3) is 0 Å². The van der Waals surface area contributed by atoms with Crippen LogP contribution in [0.15, 0.2) is 24.3 Å². The van der Waals surface area contributed by atoms with Crippen molar-refractivity contribution in [3.8, 4) is 0 Å². The van der Waals surface area contributed by atoms with E-state index in [0.29, 0.717) is 39.4 Å². The van der Waals surface area contributed by atoms with Crippen molar-refractivity contribution in [3.05, 3.63) is 35.4 Å². The van der Waals surface area contributed by atoms with Crippen LogP contribution in [-0.2, 0) is 9.53 Å². The van der Waals surface area contributed by atoms with Crippen LogP contribution in [-0.4, -0.2) is 85.5 Å². The Bertz CT molecular complexity index is 614. The molecule has 1 aromatic rings. The summed E-state index contributed by atoms with van der Waals surface area (Å²) in [5.74, 6) is 0.256. The quantitative estimate of drug-likeness (QED) is 0.820. The van der Waals surface area contributed by atoms with E-state index in [2.05, 4.69) is 4.90 Å². The van der Waals surface area contributed by atoms with Gasteiger partial charge in [0.2, 0.25) is 5.91 Å². The number of hydrogen-bond donors (Lipinski definition) is 0. The zero-order valence-electron chi connectivity index (χ0n) is 14.9. The lowest BCUT2D eigenvalue weighted by atomic mass is 10.1. The van der Waals surface area contributed by atoms with Crippen LogP contribution in [0, 0.1) is 6.92 Å². The normalized spacial score (nSPS) is 19.6. The van der Waals surface area contributed by atoms with Crippen molar-refractivity contribution in [3.63, 3.8) is 0 Å². The van der Waals surface area contributed by atoms with Gasteiger partial charge in [0.25, 0.3) is 5.91 Å². The maximum atomic E-state index is 12.7. The van der Waals surface area contributed by atoms with Crippen molar-refractivity contribution in [2.75, 3.05) is 59.0 Å². The summed E-state index contributed by atoms with van der Waals surface area (Å²) in [6, 6.07) is 7.73. The van der Waals surface area contributed by atoms with Gasteiger partial charge < -0.3 is 14.5 Å². The molecule has 2 amide bonds. The van der Waals surface area contributed by atoms with Crippen LogP contribution in [0.1, 0.15) is 22.3 Å². The zero-order chi connectivity index (χ0) is 17.6. The molecule has 2 saturated heterocycles. The molecule has 0 aromatic heterocycles. The molecule has 6 nitrogen and oxygen atoms in total. The predicted octanol–water partition coefficient (Wildman–Crippen LogP) is 1.00. The lowest BCUT2D eigenvalue weighted by Crippen LogP contribution is -2.46. The second-order valence-electron chi connectivity index (χ2n) is 6.78. The number of aryl methyl sites for hydroxylation is 1. The molecule has 3 rings (SSSR count). The molecule has 0 N–H and O–H groups in total. The third-order valence-electron chi connectivity index (χ3n) is 4.86.